The van der Waals surface area contributed by atoms with Crippen molar-refractivity contribution in [3.05, 3.63) is 81.7 Å². The van der Waals surface area contributed by atoms with Crippen LogP contribution in [0.1, 0.15) is 62.0 Å². The molecular weight excluding hydrogens is 474 g/mol. The number of carbonyl (C=O) groups is 2. The van der Waals surface area contributed by atoms with E-state index < -0.39 is 12.0 Å². The van der Waals surface area contributed by atoms with Crippen molar-refractivity contribution in [3.63, 3.8) is 0 Å². The number of ether oxygens (including phenoxy) is 1. The monoisotopic (exact) mass is 503 g/mol. The summed E-state index contributed by atoms with van der Waals surface area (Å²) in [5, 5.41) is 5.28. The molecule has 0 saturated carbocycles. The average Bonchev–Trinajstić information content (AvgIpc) is 3.31. The first-order chi connectivity index (χ1) is 17.3. The maximum absolute atomic E-state index is 13.6. The van der Waals surface area contributed by atoms with E-state index in [0.717, 1.165) is 11.1 Å². The standard InChI is InChI=1S/C28H29N3O4S/c1-5-23(25(32)30-21-9-7-8-20(14-21)28(34)35-6-2)31-16-29-26-24(27(31)33)22(15-36-26)19-12-10-18(11-13-19)17(3)4/h7-17,23H,5-6H2,1-4H3,(H,30,32). The van der Waals surface area contributed by atoms with Crippen molar-refractivity contribution in [1.82, 2.24) is 9.55 Å². The van der Waals surface area contributed by atoms with Crippen molar-refractivity contribution < 1.29 is 14.3 Å². The van der Waals surface area contributed by atoms with E-state index in [1.807, 2.05) is 24.4 Å². The van der Waals surface area contributed by atoms with Gasteiger partial charge in [-0.15, -0.1) is 11.3 Å². The minimum absolute atomic E-state index is 0.258. The molecule has 2 aromatic carbocycles. The number of hydrogen-bond donors (Lipinski definition) is 1. The summed E-state index contributed by atoms with van der Waals surface area (Å²) in [6, 6.07) is 14.0. The molecule has 1 amide bonds. The third-order valence-corrected chi connectivity index (χ3v) is 6.96. The summed E-state index contributed by atoms with van der Waals surface area (Å²) in [5.74, 6) is -0.406. The van der Waals surface area contributed by atoms with E-state index in [1.165, 1.54) is 27.8 Å². The molecule has 0 fully saturated rings. The van der Waals surface area contributed by atoms with Gasteiger partial charge in [0.2, 0.25) is 5.91 Å². The predicted molar refractivity (Wildman–Crippen MR) is 144 cm³/mol. The first kappa shape index (κ1) is 25.3. The van der Waals surface area contributed by atoms with E-state index >= 15 is 0 Å². The third kappa shape index (κ3) is 5.09. The van der Waals surface area contributed by atoms with E-state index in [4.69, 9.17) is 4.74 Å². The molecule has 186 valence electrons. The van der Waals surface area contributed by atoms with Crippen molar-refractivity contribution in [2.45, 2.75) is 46.1 Å². The lowest BCUT2D eigenvalue weighted by Gasteiger charge is -2.18. The summed E-state index contributed by atoms with van der Waals surface area (Å²) in [6.07, 6.45) is 1.83. The molecule has 0 aliphatic rings. The van der Waals surface area contributed by atoms with Crippen LogP contribution >= 0.6 is 11.3 Å². The summed E-state index contributed by atoms with van der Waals surface area (Å²) in [4.78, 5) is 44.0. The molecule has 4 rings (SSSR count). The molecule has 7 nitrogen and oxygen atoms in total. The third-order valence-electron chi connectivity index (χ3n) is 6.07. The zero-order valence-electron chi connectivity index (χ0n) is 20.8. The van der Waals surface area contributed by atoms with Crippen molar-refractivity contribution in [3.8, 4) is 11.1 Å². The Hall–Kier alpha value is -3.78. The van der Waals surface area contributed by atoms with E-state index in [-0.39, 0.29) is 18.1 Å². The number of fused-ring (bicyclic) bond motifs is 1. The van der Waals surface area contributed by atoms with Gasteiger partial charge in [-0.1, -0.05) is 51.1 Å². The van der Waals surface area contributed by atoms with Crippen LogP contribution in [-0.2, 0) is 9.53 Å². The number of aromatic nitrogens is 2. The van der Waals surface area contributed by atoms with E-state index in [1.54, 1.807) is 31.2 Å². The van der Waals surface area contributed by atoms with Crippen LogP contribution in [-0.4, -0.2) is 28.0 Å². The normalized spacial score (nSPS) is 12.0. The molecule has 1 atom stereocenters. The number of benzene rings is 2. The Kier molecular flexibility index (Phi) is 7.64. The van der Waals surface area contributed by atoms with Gasteiger partial charge in [-0.25, -0.2) is 9.78 Å². The van der Waals surface area contributed by atoms with Gasteiger partial charge in [0.1, 0.15) is 10.9 Å². The topological polar surface area (TPSA) is 90.3 Å². The SMILES string of the molecule is CCOC(=O)c1cccc(NC(=O)C(CC)n2cnc3scc(-c4ccc(C(C)C)cc4)c3c2=O)c1. The van der Waals surface area contributed by atoms with Crippen LogP contribution in [0.15, 0.2) is 65.0 Å². The van der Waals surface area contributed by atoms with Crippen LogP contribution in [0.25, 0.3) is 21.3 Å². The fourth-order valence-electron chi connectivity index (χ4n) is 4.10. The van der Waals surface area contributed by atoms with Crippen LogP contribution in [0.4, 0.5) is 5.69 Å². The van der Waals surface area contributed by atoms with Crippen molar-refractivity contribution in [2.75, 3.05) is 11.9 Å². The Morgan fingerprint density at radius 3 is 2.53 bits per heavy atom. The zero-order valence-corrected chi connectivity index (χ0v) is 21.6. The molecular formula is C28H29N3O4S. The highest BCUT2D eigenvalue weighted by Crippen LogP contribution is 2.32. The number of nitrogens with zero attached hydrogens (tertiary/aromatic N) is 2. The highest BCUT2D eigenvalue weighted by atomic mass is 32.1. The Balaban J connectivity index is 1.66. The predicted octanol–water partition coefficient (Wildman–Crippen LogP) is 6.01. The van der Waals surface area contributed by atoms with Gasteiger partial charge in [-0.2, -0.15) is 0 Å². The molecule has 1 N–H and O–H groups in total. The molecule has 0 radical (unpaired) electrons. The van der Waals surface area contributed by atoms with Gasteiger partial charge in [0.25, 0.3) is 5.56 Å². The summed E-state index contributed by atoms with van der Waals surface area (Å²) >= 11 is 1.41. The maximum atomic E-state index is 13.6. The second kappa shape index (κ2) is 10.9. The quantitative estimate of drug-likeness (QED) is 0.297. The van der Waals surface area contributed by atoms with Crippen LogP contribution in [0.2, 0.25) is 0 Å². The van der Waals surface area contributed by atoms with Crippen molar-refractivity contribution in [1.29, 1.82) is 0 Å². The highest BCUT2D eigenvalue weighted by molar-refractivity contribution is 7.17. The van der Waals surface area contributed by atoms with Gasteiger partial charge in [-0.3, -0.25) is 14.2 Å². The zero-order chi connectivity index (χ0) is 25.8. The largest absolute Gasteiger partial charge is 0.462 e. The molecule has 2 heterocycles. The number of thiophene rings is 1. The smallest absolute Gasteiger partial charge is 0.338 e. The molecule has 4 aromatic rings. The Labute approximate surface area is 213 Å². The number of anilines is 1. The first-order valence-electron chi connectivity index (χ1n) is 12.0. The average molecular weight is 504 g/mol. The highest BCUT2D eigenvalue weighted by Gasteiger charge is 2.23. The van der Waals surface area contributed by atoms with Crippen molar-refractivity contribution >= 4 is 39.1 Å². The maximum Gasteiger partial charge on any atom is 0.338 e. The van der Waals surface area contributed by atoms with Gasteiger partial charge in [0.15, 0.2) is 0 Å². The Bertz CT molecular complexity index is 1450. The minimum atomic E-state index is -0.767. The van der Waals surface area contributed by atoms with E-state index in [0.29, 0.717) is 33.8 Å². The van der Waals surface area contributed by atoms with E-state index in [2.05, 4.69) is 36.3 Å². The second-order valence-corrected chi connectivity index (χ2v) is 9.64. The molecule has 0 saturated heterocycles. The number of carbonyl (C=O) groups excluding carboxylic acids is 2. The van der Waals surface area contributed by atoms with Crippen molar-refractivity contribution in [2.24, 2.45) is 0 Å². The lowest BCUT2D eigenvalue weighted by Crippen LogP contribution is -2.33. The van der Waals surface area contributed by atoms with E-state index in [9.17, 15) is 14.4 Å². The van der Waals surface area contributed by atoms with Crippen LogP contribution < -0.4 is 10.9 Å². The minimum Gasteiger partial charge on any atom is -0.462 e. The Morgan fingerprint density at radius 1 is 1.11 bits per heavy atom. The van der Waals surface area contributed by atoms with Crippen LogP contribution in [0.3, 0.4) is 0 Å². The first-order valence-corrected chi connectivity index (χ1v) is 12.9. The fraction of sp³-hybridized carbons (Fsp3) is 0.286. The Morgan fingerprint density at radius 2 is 1.86 bits per heavy atom. The second-order valence-electron chi connectivity index (χ2n) is 8.78. The molecule has 36 heavy (non-hydrogen) atoms. The fourth-order valence-corrected chi connectivity index (χ4v) is 5.01. The summed E-state index contributed by atoms with van der Waals surface area (Å²) in [5.41, 5.74) is 3.52. The summed E-state index contributed by atoms with van der Waals surface area (Å²) < 4.78 is 6.43. The number of rotatable bonds is 8. The molecule has 2 aromatic heterocycles. The van der Waals surface area contributed by atoms with Gasteiger partial charge >= 0.3 is 5.97 Å². The molecule has 8 heteroatoms. The molecule has 1 unspecified atom stereocenters. The van der Waals surface area contributed by atoms with Crippen LogP contribution in [0, 0.1) is 0 Å². The van der Waals surface area contributed by atoms with Gasteiger partial charge in [0.05, 0.1) is 23.9 Å². The van der Waals surface area contributed by atoms with Crippen LogP contribution in [0.5, 0.6) is 0 Å². The number of amides is 1. The number of hydrogen-bond acceptors (Lipinski definition) is 6. The summed E-state index contributed by atoms with van der Waals surface area (Å²) in [7, 11) is 0. The molecule has 0 bridgehead atoms. The van der Waals surface area contributed by atoms with Gasteiger partial charge in [-0.05, 0) is 48.6 Å². The molecule has 0 aliphatic carbocycles. The summed E-state index contributed by atoms with van der Waals surface area (Å²) in [6.45, 7) is 8.12. The van der Waals surface area contributed by atoms with Gasteiger partial charge in [0, 0.05) is 16.6 Å². The molecule has 0 spiro atoms. The number of nitrogens with one attached hydrogen (secondary N) is 1. The lowest BCUT2D eigenvalue weighted by molar-refractivity contribution is -0.119. The van der Waals surface area contributed by atoms with Gasteiger partial charge < -0.3 is 10.1 Å². The number of esters is 1. The molecule has 0 aliphatic heterocycles. The lowest BCUT2D eigenvalue weighted by atomic mass is 9.99.